The van der Waals surface area contributed by atoms with E-state index in [1.165, 1.54) is 0 Å². The Kier molecular flexibility index (Phi) is 4.14. The van der Waals surface area contributed by atoms with Gasteiger partial charge in [0.2, 0.25) is 10.0 Å². The van der Waals surface area contributed by atoms with E-state index in [-0.39, 0.29) is 0 Å². The van der Waals surface area contributed by atoms with Gasteiger partial charge in [-0.25, -0.2) is 8.42 Å². The second kappa shape index (κ2) is 5.31. The highest BCUT2D eigenvalue weighted by molar-refractivity contribution is 9.09. The number of aryl methyl sites for hydroxylation is 1. The Morgan fingerprint density at radius 1 is 1.28 bits per heavy atom. The standard InChI is InChI=1S/C13H18BrNO2S/c1-10-3-5-12(6-4-10)18(16,17)15-8-7-13(14)11(2)9-15/h3-6,11,13H,7-9H2,1-2H3. The number of sulfonamides is 1. The summed E-state index contributed by atoms with van der Waals surface area (Å²) in [6.45, 7) is 5.22. The molecule has 1 fully saturated rings. The predicted octanol–water partition coefficient (Wildman–Crippen LogP) is 2.79. The van der Waals surface area contributed by atoms with E-state index in [4.69, 9.17) is 0 Å². The Hall–Kier alpha value is -0.390. The molecule has 0 saturated carbocycles. The van der Waals surface area contributed by atoms with Crippen LogP contribution in [0.3, 0.4) is 0 Å². The van der Waals surface area contributed by atoms with Crippen LogP contribution in [-0.4, -0.2) is 30.6 Å². The summed E-state index contributed by atoms with van der Waals surface area (Å²) in [7, 11) is -3.32. The molecule has 1 heterocycles. The number of benzene rings is 1. The Labute approximate surface area is 117 Å². The molecule has 100 valence electrons. The number of rotatable bonds is 2. The SMILES string of the molecule is Cc1ccc(S(=O)(=O)N2CCC(Br)C(C)C2)cc1. The van der Waals surface area contributed by atoms with Crippen molar-refractivity contribution >= 4 is 26.0 Å². The molecular weight excluding hydrogens is 314 g/mol. The summed E-state index contributed by atoms with van der Waals surface area (Å²) in [5.74, 6) is 0.346. The van der Waals surface area contributed by atoms with Crippen LogP contribution < -0.4 is 0 Å². The van der Waals surface area contributed by atoms with Crippen molar-refractivity contribution in [1.29, 1.82) is 0 Å². The Balaban J connectivity index is 2.24. The largest absolute Gasteiger partial charge is 0.243 e. The van der Waals surface area contributed by atoms with Gasteiger partial charge in [-0.3, -0.25) is 0 Å². The molecule has 1 aliphatic rings. The number of nitrogens with zero attached hydrogens (tertiary/aromatic N) is 1. The summed E-state index contributed by atoms with van der Waals surface area (Å²) >= 11 is 3.59. The first kappa shape index (κ1) is 14.0. The van der Waals surface area contributed by atoms with Gasteiger partial charge in [0, 0.05) is 17.9 Å². The van der Waals surface area contributed by atoms with Crippen molar-refractivity contribution in [2.75, 3.05) is 13.1 Å². The molecule has 0 spiro atoms. The van der Waals surface area contributed by atoms with Gasteiger partial charge in [-0.15, -0.1) is 0 Å². The van der Waals surface area contributed by atoms with Gasteiger partial charge in [-0.2, -0.15) is 4.31 Å². The van der Waals surface area contributed by atoms with Gasteiger partial charge in [-0.05, 0) is 31.4 Å². The molecule has 1 aromatic rings. The number of hydrogen-bond donors (Lipinski definition) is 0. The summed E-state index contributed by atoms with van der Waals surface area (Å²) in [6, 6.07) is 7.06. The molecule has 1 saturated heterocycles. The van der Waals surface area contributed by atoms with Crippen LogP contribution in [0.25, 0.3) is 0 Å². The van der Waals surface area contributed by atoms with Crippen LogP contribution in [0, 0.1) is 12.8 Å². The van der Waals surface area contributed by atoms with Crippen molar-refractivity contribution < 1.29 is 8.42 Å². The summed E-state index contributed by atoms with van der Waals surface area (Å²) in [5.41, 5.74) is 1.07. The van der Waals surface area contributed by atoms with Crippen molar-refractivity contribution in [2.24, 2.45) is 5.92 Å². The smallest absolute Gasteiger partial charge is 0.207 e. The van der Waals surface area contributed by atoms with E-state index in [1.54, 1.807) is 16.4 Å². The van der Waals surface area contributed by atoms with E-state index in [0.717, 1.165) is 12.0 Å². The first-order chi connectivity index (χ1) is 8.41. The molecule has 0 amide bonds. The highest BCUT2D eigenvalue weighted by atomic mass is 79.9. The molecule has 2 atom stereocenters. The Bertz CT molecular complexity index is 512. The third kappa shape index (κ3) is 2.78. The van der Waals surface area contributed by atoms with Crippen molar-refractivity contribution in [3.05, 3.63) is 29.8 Å². The molecular formula is C13H18BrNO2S. The van der Waals surface area contributed by atoms with Crippen molar-refractivity contribution in [3.63, 3.8) is 0 Å². The minimum Gasteiger partial charge on any atom is -0.207 e. The monoisotopic (exact) mass is 331 g/mol. The molecule has 1 aliphatic heterocycles. The highest BCUT2D eigenvalue weighted by Crippen LogP contribution is 2.27. The quantitative estimate of drug-likeness (QED) is 0.781. The molecule has 0 aromatic heterocycles. The van der Waals surface area contributed by atoms with E-state index in [9.17, 15) is 8.42 Å². The van der Waals surface area contributed by atoms with Crippen LogP contribution in [0.1, 0.15) is 18.9 Å². The van der Waals surface area contributed by atoms with E-state index in [1.807, 2.05) is 19.1 Å². The summed E-state index contributed by atoms with van der Waals surface area (Å²) in [4.78, 5) is 0.815. The lowest BCUT2D eigenvalue weighted by Crippen LogP contribution is -2.43. The summed E-state index contributed by atoms with van der Waals surface area (Å²) < 4.78 is 26.5. The lowest BCUT2D eigenvalue weighted by Gasteiger charge is -2.33. The highest BCUT2D eigenvalue weighted by Gasteiger charge is 2.32. The van der Waals surface area contributed by atoms with Crippen molar-refractivity contribution in [3.8, 4) is 0 Å². The average Bonchev–Trinajstić information content (AvgIpc) is 2.33. The molecule has 18 heavy (non-hydrogen) atoms. The van der Waals surface area contributed by atoms with Gasteiger partial charge in [0.05, 0.1) is 4.90 Å². The minimum absolute atomic E-state index is 0.346. The third-order valence-corrected chi connectivity index (χ3v) is 6.66. The van der Waals surface area contributed by atoms with Crippen LogP contribution in [0.4, 0.5) is 0 Å². The average molecular weight is 332 g/mol. The van der Waals surface area contributed by atoms with Gasteiger partial charge < -0.3 is 0 Å². The van der Waals surface area contributed by atoms with Crippen LogP contribution in [0.2, 0.25) is 0 Å². The number of halogens is 1. The maximum atomic E-state index is 12.5. The fourth-order valence-electron chi connectivity index (χ4n) is 2.16. The van der Waals surface area contributed by atoms with Gasteiger partial charge in [0.25, 0.3) is 0 Å². The van der Waals surface area contributed by atoms with Crippen molar-refractivity contribution in [1.82, 2.24) is 4.31 Å². The molecule has 2 rings (SSSR count). The molecule has 3 nitrogen and oxygen atoms in total. The normalized spacial score (nSPS) is 26.2. The number of piperidine rings is 1. The van der Waals surface area contributed by atoms with Gasteiger partial charge in [-0.1, -0.05) is 40.5 Å². The lowest BCUT2D eigenvalue weighted by molar-refractivity contribution is 0.292. The van der Waals surface area contributed by atoms with Crippen LogP contribution in [0.15, 0.2) is 29.2 Å². The Morgan fingerprint density at radius 2 is 1.89 bits per heavy atom. The fraction of sp³-hybridized carbons (Fsp3) is 0.538. The summed E-state index contributed by atoms with van der Waals surface area (Å²) in [6.07, 6.45) is 0.867. The zero-order valence-electron chi connectivity index (χ0n) is 10.6. The maximum absolute atomic E-state index is 12.5. The number of hydrogen-bond acceptors (Lipinski definition) is 2. The number of alkyl halides is 1. The van der Waals surface area contributed by atoms with Crippen LogP contribution in [-0.2, 0) is 10.0 Å². The molecule has 0 N–H and O–H groups in total. The molecule has 0 bridgehead atoms. The Morgan fingerprint density at radius 3 is 2.44 bits per heavy atom. The molecule has 0 aliphatic carbocycles. The van der Waals surface area contributed by atoms with Gasteiger partial charge in [0.15, 0.2) is 0 Å². The predicted molar refractivity (Wildman–Crippen MR) is 76.4 cm³/mol. The van der Waals surface area contributed by atoms with E-state index in [0.29, 0.717) is 28.7 Å². The van der Waals surface area contributed by atoms with E-state index >= 15 is 0 Å². The van der Waals surface area contributed by atoms with Gasteiger partial charge in [0.1, 0.15) is 0 Å². The van der Waals surface area contributed by atoms with E-state index < -0.39 is 10.0 Å². The first-order valence-corrected chi connectivity index (χ1v) is 8.47. The molecule has 5 heteroatoms. The first-order valence-electron chi connectivity index (χ1n) is 6.12. The van der Waals surface area contributed by atoms with Crippen molar-refractivity contribution in [2.45, 2.75) is 30.0 Å². The molecule has 2 unspecified atom stereocenters. The fourth-order valence-corrected chi connectivity index (χ4v) is 4.08. The second-order valence-electron chi connectivity index (χ2n) is 4.96. The third-order valence-electron chi connectivity index (χ3n) is 3.42. The maximum Gasteiger partial charge on any atom is 0.243 e. The van der Waals surface area contributed by atoms with E-state index in [2.05, 4.69) is 22.9 Å². The second-order valence-corrected chi connectivity index (χ2v) is 8.07. The zero-order chi connectivity index (χ0) is 13.3. The lowest BCUT2D eigenvalue weighted by atomic mass is 10.0. The van der Waals surface area contributed by atoms with Gasteiger partial charge >= 0.3 is 0 Å². The molecule has 1 aromatic carbocycles. The summed E-state index contributed by atoms with van der Waals surface area (Å²) in [5, 5.41) is 0. The molecule has 0 radical (unpaired) electrons. The zero-order valence-corrected chi connectivity index (χ0v) is 13.0. The topological polar surface area (TPSA) is 37.4 Å². The minimum atomic E-state index is -3.32. The van der Waals surface area contributed by atoms with Crippen LogP contribution >= 0.6 is 15.9 Å². The van der Waals surface area contributed by atoms with Crippen LogP contribution in [0.5, 0.6) is 0 Å².